The van der Waals surface area contributed by atoms with Gasteiger partial charge in [-0.3, -0.25) is 14.9 Å². The number of phenols is 1. The first-order valence-electron chi connectivity index (χ1n) is 9.02. The molecule has 1 heterocycles. The molecule has 7 nitrogen and oxygen atoms in total. The molecule has 2 aromatic carbocycles. The molecule has 0 aromatic heterocycles. The summed E-state index contributed by atoms with van der Waals surface area (Å²) < 4.78 is 5.91. The van der Waals surface area contributed by atoms with Gasteiger partial charge in [-0.2, -0.15) is 0 Å². The number of ether oxygens (including phenoxy) is 1. The molecule has 0 radical (unpaired) electrons. The van der Waals surface area contributed by atoms with Gasteiger partial charge in [0.2, 0.25) is 0 Å². The van der Waals surface area contributed by atoms with Crippen molar-refractivity contribution in [3.05, 3.63) is 56.7 Å². The molecular formula is C21H19IN2O5. The van der Waals surface area contributed by atoms with Gasteiger partial charge in [-0.05, 0) is 71.3 Å². The molecule has 2 aromatic rings. The molecule has 1 aliphatic heterocycles. The Morgan fingerprint density at radius 3 is 2.59 bits per heavy atom. The first-order chi connectivity index (χ1) is 13.9. The number of hydrogen-bond donors (Lipinski definition) is 2. The third-order valence-corrected chi connectivity index (χ3v) is 5.20. The predicted molar refractivity (Wildman–Crippen MR) is 117 cm³/mol. The van der Waals surface area contributed by atoms with Gasteiger partial charge in [0.05, 0.1) is 15.9 Å². The van der Waals surface area contributed by atoms with Crippen molar-refractivity contribution in [1.29, 1.82) is 0 Å². The average molecular weight is 506 g/mol. The van der Waals surface area contributed by atoms with Crippen molar-refractivity contribution >= 4 is 52.2 Å². The number of benzene rings is 2. The van der Waals surface area contributed by atoms with Crippen molar-refractivity contribution in [3.63, 3.8) is 0 Å². The number of anilines is 1. The second-order valence-electron chi connectivity index (χ2n) is 6.22. The lowest BCUT2D eigenvalue weighted by Crippen LogP contribution is -2.54. The summed E-state index contributed by atoms with van der Waals surface area (Å²) in [6.45, 7) is 4.05. The van der Waals surface area contributed by atoms with Crippen molar-refractivity contribution in [2.24, 2.45) is 0 Å². The number of halogens is 1. The van der Waals surface area contributed by atoms with Crippen molar-refractivity contribution < 1.29 is 24.2 Å². The molecular weight excluding hydrogens is 487 g/mol. The quantitative estimate of drug-likeness (QED) is 0.367. The summed E-state index contributed by atoms with van der Waals surface area (Å²) in [5, 5.41) is 12.3. The number of rotatable bonds is 5. The summed E-state index contributed by atoms with van der Waals surface area (Å²) in [7, 11) is 0. The molecule has 0 atom stereocenters. The van der Waals surface area contributed by atoms with E-state index in [1.807, 2.05) is 41.6 Å². The van der Waals surface area contributed by atoms with E-state index in [9.17, 15) is 19.5 Å². The summed E-state index contributed by atoms with van der Waals surface area (Å²) in [6, 6.07) is 9.42. The minimum Gasteiger partial charge on any atom is -0.504 e. The van der Waals surface area contributed by atoms with Crippen molar-refractivity contribution in [3.8, 4) is 11.5 Å². The Labute approximate surface area is 181 Å². The molecule has 1 fully saturated rings. The summed E-state index contributed by atoms with van der Waals surface area (Å²) in [6.07, 6.45) is 2.00. The van der Waals surface area contributed by atoms with Crippen LogP contribution in [0.2, 0.25) is 0 Å². The van der Waals surface area contributed by atoms with Crippen LogP contribution in [0.3, 0.4) is 0 Å². The fraction of sp³-hybridized carbons (Fsp3) is 0.190. The van der Waals surface area contributed by atoms with Crippen LogP contribution >= 0.6 is 22.6 Å². The Morgan fingerprint density at radius 1 is 1.17 bits per heavy atom. The molecule has 150 valence electrons. The van der Waals surface area contributed by atoms with E-state index in [4.69, 9.17) is 4.74 Å². The SMILES string of the molecule is CCOc1cc(/C=C2/C(=O)NC(=O)N(c3ccccc3CC)C2=O)cc(I)c1O. The molecule has 8 heteroatoms. The molecule has 0 saturated carbocycles. The Bertz CT molecular complexity index is 1030. The van der Waals surface area contributed by atoms with Crippen LogP contribution in [-0.2, 0) is 16.0 Å². The maximum Gasteiger partial charge on any atom is 0.335 e. The normalized spacial score (nSPS) is 15.6. The molecule has 1 saturated heterocycles. The second-order valence-corrected chi connectivity index (χ2v) is 7.38. The highest BCUT2D eigenvalue weighted by Gasteiger charge is 2.37. The lowest BCUT2D eigenvalue weighted by molar-refractivity contribution is -0.122. The smallest absolute Gasteiger partial charge is 0.335 e. The minimum atomic E-state index is -0.784. The van der Waals surface area contributed by atoms with E-state index in [0.29, 0.717) is 27.8 Å². The van der Waals surface area contributed by atoms with Crippen LogP contribution in [0.4, 0.5) is 10.5 Å². The summed E-state index contributed by atoms with van der Waals surface area (Å²) in [5.41, 5.74) is 1.56. The lowest BCUT2D eigenvalue weighted by Gasteiger charge is -2.28. The van der Waals surface area contributed by atoms with E-state index >= 15 is 0 Å². The van der Waals surface area contributed by atoms with E-state index in [0.717, 1.165) is 10.5 Å². The van der Waals surface area contributed by atoms with Gasteiger partial charge < -0.3 is 9.84 Å². The number of hydrogen-bond acceptors (Lipinski definition) is 5. The third-order valence-electron chi connectivity index (χ3n) is 4.38. The van der Waals surface area contributed by atoms with E-state index < -0.39 is 17.8 Å². The highest BCUT2D eigenvalue weighted by Crippen LogP contribution is 2.34. The number of nitrogens with one attached hydrogen (secondary N) is 1. The zero-order valence-corrected chi connectivity index (χ0v) is 18.0. The molecule has 2 N–H and O–H groups in total. The van der Waals surface area contributed by atoms with Crippen LogP contribution in [-0.4, -0.2) is 29.6 Å². The average Bonchev–Trinajstić information content (AvgIpc) is 2.69. The van der Waals surface area contributed by atoms with Gasteiger partial charge in [0.1, 0.15) is 5.57 Å². The van der Waals surface area contributed by atoms with Crippen molar-refractivity contribution in [1.82, 2.24) is 5.32 Å². The number of imide groups is 2. The molecule has 0 spiro atoms. The highest BCUT2D eigenvalue weighted by molar-refractivity contribution is 14.1. The van der Waals surface area contributed by atoms with Crippen molar-refractivity contribution in [2.75, 3.05) is 11.5 Å². The number of amides is 4. The van der Waals surface area contributed by atoms with Crippen LogP contribution in [0.15, 0.2) is 42.0 Å². The third kappa shape index (κ3) is 4.12. The van der Waals surface area contributed by atoms with Crippen LogP contribution in [0.25, 0.3) is 6.08 Å². The van der Waals surface area contributed by atoms with E-state index in [-0.39, 0.29) is 17.1 Å². The van der Waals surface area contributed by atoms with E-state index in [2.05, 4.69) is 5.32 Å². The number of para-hydroxylation sites is 1. The molecule has 0 aliphatic carbocycles. The predicted octanol–water partition coefficient (Wildman–Crippen LogP) is 3.62. The summed E-state index contributed by atoms with van der Waals surface area (Å²) >= 11 is 1.94. The van der Waals surface area contributed by atoms with Crippen LogP contribution in [0, 0.1) is 3.57 Å². The molecule has 29 heavy (non-hydrogen) atoms. The first kappa shape index (κ1) is 20.8. The van der Waals surface area contributed by atoms with E-state index in [1.165, 1.54) is 12.1 Å². The minimum absolute atomic E-state index is 0.0114. The zero-order chi connectivity index (χ0) is 21.1. The molecule has 0 unspecified atom stereocenters. The van der Waals surface area contributed by atoms with E-state index in [1.54, 1.807) is 25.1 Å². The Hall–Kier alpha value is -2.88. The van der Waals surface area contributed by atoms with Crippen molar-refractivity contribution in [2.45, 2.75) is 20.3 Å². The molecule has 3 rings (SSSR count). The Morgan fingerprint density at radius 2 is 1.90 bits per heavy atom. The Kier molecular flexibility index (Phi) is 6.21. The maximum atomic E-state index is 13.1. The number of barbiturate groups is 1. The van der Waals surface area contributed by atoms with Crippen LogP contribution < -0.4 is 15.0 Å². The number of aromatic hydroxyl groups is 1. The van der Waals surface area contributed by atoms with Crippen LogP contribution in [0.5, 0.6) is 11.5 Å². The summed E-state index contributed by atoms with van der Waals surface area (Å²) in [4.78, 5) is 38.8. The molecule has 0 bridgehead atoms. The maximum absolute atomic E-state index is 13.1. The van der Waals surface area contributed by atoms with Gasteiger partial charge in [-0.15, -0.1) is 0 Å². The van der Waals surface area contributed by atoms with Gasteiger partial charge in [0.15, 0.2) is 11.5 Å². The monoisotopic (exact) mass is 506 g/mol. The number of urea groups is 1. The van der Waals surface area contributed by atoms with Gasteiger partial charge in [0, 0.05) is 0 Å². The lowest BCUT2D eigenvalue weighted by atomic mass is 10.0. The Balaban J connectivity index is 2.06. The standard InChI is InChI=1S/C21H19IN2O5/c1-3-13-7-5-6-8-16(13)24-20(27)14(19(26)23-21(24)28)9-12-10-15(22)18(25)17(11-12)29-4-2/h5-11,25H,3-4H2,1-2H3,(H,23,26,28)/b14-9-. The van der Waals surface area contributed by atoms with Gasteiger partial charge in [-0.25, -0.2) is 9.69 Å². The number of aryl methyl sites for hydroxylation is 1. The molecule has 4 amide bonds. The van der Waals surface area contributed by atoms with Gasteiger partial charge >= 0.3 is 6.03 Å². The first-order valence-corrected chi connectivity index (χ1v) is 10.1. The number of nitrogens with zero attached hydrogens (tertiary/aromatic N) is 1. The largest absolute Gasteiger partial charge is 0.504 e. The fourth-order valence-electron chi connectivity index (χ4n) is 3.01. The van der Waals surface area contributed by atoms with Crippen LogP contribution in [0.1, 0.15) is 25.0 Å². The number of carbonyl (C=O) groups is 3. The molecule has 1 aliphatic rings. The zero-order valence-electron chi connectivity index (χ0n) is 15.9. The topological polar surface area (TPSA) is 95.9 Å². The summed E-state index contributed by atoms with van der Waals surface area (Å²) in [5.74, 6) is -1.24. The van der Waals surface area contributed by atoms with Gasteiger partial charge in [0.25, 0.3) is 11.8 Å². The van der Waals surface area contributed by atoms with Gasteiger partial charge in [-0.1, -0.05) is 25.1 Å². The second kappa shape index (κ2) is 8.64. The fourth-order valence-corrected chi connectivity index (χ4v) is 3.64. The number of phenolic OH excluding ortho intramolecular Hbond substituents is 1. The highest BCUT2D eigenvalue weighted by atomic mass is 127. The number of carbonyl (C=O) groups excluding carboxylic acids is 3.